The summed E-state index contributed by atoms with van der Waals surface area (Å²) in [7, 11) is 0. The fourth-order valence-corrected chi connectivity index (χ4v) is 5.01. The van der Waals surface area contributed by atoms with Crippen molar-refractivity contribution >= 4 is 23.3 Å². The standard InChI is InChI=1S/C29H34F3N3O4/c1-18(2)24-26(38)35(23(22-14-10-7-11-15-22)17-34(24)25(37)19(3)4)27(20(5)36,28(33,39)29(30,31)32)16-21-12-8-6-9-13-21/h6-15,17-19,24,39H,16,33H2,1-5H3/t24-,27?,28?/m1/s1. The van der Waals surface area contributed by atoms with Gasteiger partial charge in [0.05, 0.1) is 5.70 Å². The average Bonchev–Trinajstić information content (AvgIpc) is 2.86. The molecule has 0 aliphatic carbocycles. The van der Waals surface area contributed by atoms with Gasteiger partial charge in [-0.3, -0.25) is 25.0 Å². The smallest absolute Gasteiger partial charge is 0.366 e. The fourth-order valence-electron chi connectivity index (χ4n) is 5.01. The Morgan fingerprint density at radius 2 is 1.49 bits per heavy atom. The quantitative estimate of drug-likeness (QED) is 0.486. The van der Waals surface area contributed by atoms with Crippen LogP contribution in [0.1, 0.15) is 45.7 Å². The second-order valence-corrected chi connectivity index (χ2v) is 10.5. The molecule has 0 saturated carbocycles. The summed E-state index contributed by atoms with van der Waals surface area (Å²) in [5, 5.41) is 11.1. The monoisotopic (exact) mass is 545 g/mol. The van der Waals surface area contributed by atoms with Gasteiger partial charge in [0.15, 0.2) is 11.3 Å². The SMILES string of the molecule is CC(=O)C(Cc1ccccc1)(N1C(=O)[C@@H](C(C)C)N(C(=O)C(C)C)C=C1c1ccccc1)C(N)(O)C(F)(F)F. The van der Waals surface area contributed by atoms with Gasteiger partial charge >= 0.3 is 6.18 Å². The first kappa shape index (κ1) is 30.0. The lowest BCUT2D eigenvalue weighted by atomic mass is 9.74. The molecule has 10 heteroatoms. The normalized spacial score (nSPS) is 19.5. The number of nitrogens with zero attached hydrogens (tertiary/aromatic N) is 2. The molecule has 0 radical (unpaired) electrons. The summed E-state index contributed by atoms with van der Waals surface area (Å²) in [6.07, 6.45) is -4.97. The van der Waals surface area contributed by atoms with Crippen LogP contribution in [0.15, 0.2) is 66.9 Å². The summed E-state index contributed by atoms with van der Waals surface area (Å²) in [5.41, 5.74) is -1.13. The first-order chi connectivity index (χ1) is 18.1. The molecule has 0 fully saturated rings. The summed E-state index contributed by atoms with van der Waals surface area (Å²) in [6, 6.07) is 14.4. The Kier molecular flexibility index (Phi) is 8.43. The minimum atomic E-state index is -5.52. The van der Waals surface area contributed by atoms with E-state index in [1.165, 1.54) is 35.4 Å². The van der Waals surface area contributed by atoms with E-state index in [9.17, 15) is 32.7 Å². The number of Topliss-reactive ketones (excluding diaryl/α,β-unsaturated/α-hetero) is 1. The van der Waals surface area contributed by atoms with Crippen LogP contribution < -0.4 is 5.73 Å². The second kappa shape index (κ2) is 10.9. The van der Waals surface area contributed by atoms with Crippen molar-refractivity contribution in [2.24, 2.45) is 17.6 Å². The number of amides is 2. The molecule has 0 saturated heterocycles. The average molecular weight is 546 g/mol. The number of benzene rings is 2. The molecule has 210 valence electrons. The van der Waals surface area contributed by atoms with Gasteiger partial charge in [-0.2, -0.15) is 13.2 Å². The maximum absolute atomic E-state index is 14.6. The van der Waals surface area contributed by atoms with Crippen molar-refractivity contribution in [2.75, 3.05) is 0 Å². The lowest BCUT2D eigenvalue weighted by Gasteiger charge is -2.54. The molecule has 3 N–H and O–H groups in total. The number of halogens is 3. The van der Waals surface area contributed by atoms with E-state index in [0.29, 0.717) is 4.90 Å². The summed E-state index contributed by atoms with van der Waals surface area (Å²) < 4.78 is 43.9. The Morgan fingerprint density at radius 3 is 1.92 bits per heavy atom. The summed E-state index contributed by atoms with van der Waals surface area (Å²) in [5.74, 6) is -3.66. The Morgan fingerprint density at radius 1 is 0.974 bits per heavy atom. The largest absolute Gasteiger partial charge is 0.433 e. The predicted molar refractivity (Wildman–Crippen MR) is 140 cm³/mol. The van der Waals surface area contributed by atoms with Crippen molar-refractivity contribution in [1.29, 1.82) is 0 Å². The van der Waals surface area contributed by atoms with Crippen LogP contribution >= 0.6 is 0 Å². The van der Waals surface area contributed by atoms with E-state index in [-0.39, 0.29) is 16.8 Å². The lowest BCUT2D eigenvalue weighted by molar-refractivity contribution is -0.291. The minimum absolute atomic E-state index is 0.161. The second-order valence-electron chi connectivity index (χ2n) is 10.5. The van der Waals surface area contributed by atoms with Crippen molar-refractivity contribution in [3.63, 3.8) is 0 Å². The third-order valence-electron chi connectivity index (χ3n) is 7.05. The Hall–Kier alpha value is -3.50. The van der Waals surface area contributed by atoms with E-state index in [2.05, 4.69) is 0 Å². The number of hydrogen-bond acceptors (Lipinski definition) is 5. The van der Waals surface area contributed by atoms with Crippen molar-refractivity contribution in [3.8, 4) is 0 Å². The maximum Gasteiger partial charge on any atom is 0.433 e. The van der Waals surface area contributed by atoms with Crippen LogP contribution in [0.25, 0.3) is 5.70 Å². The zero-order chi connectivity index (χ0) is 29.3. The Balaban J connectivity index is 2.49. The van der Waals surface area contributed by atoms with Gasteiger partial charge in [0.25, 0.3) is 5.91 Å². The molecular formula is C29H34F3N3O4. The number of hydrogen-bond donors (Lipinski definition) is 2. The zero-order valence-corrected chi connectivity index (χ0v) is 22.6. The molecule has 39 heavy (non-hydrogen) atoms. The number of aliphatic hydroxyl groups is 1. The number of nitrogens with two attached hydrogens (primary N) is 1. The van der Waals surface area contributed by atoms with Gasteiger partial charge in [0.1, 0.15) is 6.04 Å². The minimum Gasteiger partial charge on any atom is -0.366 e. The first-order valence-electron chi connectivity index (χ1n) is 12.6. The molecule has 2 amide bonds. The first-order valence-corrected chi connectivity index (χ1v) is 12.6. The van der Waals surface area contributed by atoms with E-state index in [4.69, 9.17) is 5.73 Å². The Labute approximate surface area is 226 Å². The molecule has 0 spiro atoms. The lowest BCUT2D eigenvalue weighted by Crippen LogP contribution is -2.80. The molecule has 7 nitrogen and oxygen atoms in total. The van der Waals surface area contributed by atoms with E-state index in [1.54, 1.807) is 64.1 Å². The number of carbonyl (C=O) groups excluding carboxylic acids is 3. The maximum atomic E-state index is 14.6. The Bertz CT molecular complexity index is 1240. The molecule has 0 aromatic heterocycles. The third kappa shape index (κ3) is 5.23. The molecule has 2 aromatic carbocycles. The fraction of sp³-hybridized carbons (Fsp3) is 0.414. The number of alkyl halides is 3. The molecule has 3 atom stereocenters. The highest BCUT2D eigenvalue weighted by atomic mass is 19.4. The highest BCUT2D eigenvalue weighted by Crippen LogP contribution is 2.46. The van der Waals surface area contributed by atoms with Crippen LogP contribution in [0.3, 0.4) is 0 Å². The van der Waals surface area contributed by atoms with Gasteiger partial charge in [-0.1, -0.05) is 88.4 Å². The summed E-state index contributed by atoms with van der Waals surface area (Å²) in [4.78, 5) is 43.1. The van der Waals surface area contributed by atoms with Crippen LogP contribution in [0.5, 0.6) is 0 Å². The van der Waals surface area contributed by atoms with Gasteiger partial charge in [0, 0.05) is 18.5 Å². The molecule has 1 aliphatic rings. The van der Waals surface area contributed by atoms with Gasteiger partial charge in [-0.25, -0.2) is 0 Å². The van der Waals surface area contributed by atoms with E-state index >= 15 is 0 Å². The van der Waals surface area contributed by atoms with Gasteiger partial charge in [-0.05, 0) is 24.0 Å². The molecule has 1 heterocycles. The molecule has 1 aliphatic heterocycles. The third-order valence-corrected chi connectivity index (χ3v) is 7.05. The molecule has 2 aromatic rings. The molecule has 0 bridgehead atoms. The number of rotatable bonds is 8. The van der Waals surface area contributed by atoms with Crippen LogP contribution in [0, 0.1) is 11.8 Å². The van der Waals surface area contributed by atoms with Crippen LogP contribution in [-0.2, 0) is 20.8 Å². The zero-order valence-electron chi connectivity index (χ0n) is 22.6. The number of ketones is 1. The van der Waals surface area contributed by atoms with Crippen molar-refractivity contribution in [2.45, 2.75) is 64.5 Å². The number of carbonyl (C=O) groups is 3. The predicted octanol–water partition coefficient (Wildman–Crippen LogP) is 4.12. The van der Waals surface area contributed by atoms with Gasteiger partial charge < -0.3 is 10.0 Å². The van der Waals surface area contributed by atoms with E-state index in [1.807, 2.05) is 0 Å². The van der Waals surface area contributed by atoms with Crippen molar-refractivity contribution in [3.05, 3.63) is 78.0 Å². The summed E-state index contributed by atoms with van der Waals surface area (Å²) >= 11 is 0. The molecule has 2 unspecified atom stereocenters. The van der Waals surface area contributed by atoms with Crippen LogP contribution in [-0.4, -0.2) is 56.0 Å². The highest BCUT2D eigenvalue weighted by molar-refractivity contribution is 6.03. The van der Waals surface area contributed by atoms with Crippen molar-refractivity contribution in [1.82, 2.24) is 9.80 Å². The molecule has 3 rings (SSSR count). The van der Waals surface area contributed by atoms with E-state index in [0.717, 1.165) is 6.92 Å². The van der Waals surface area contributed by atoms with Crippen LogP contribution in [0.2, 0.25) is 0 Å². The van der Waals surface area contributed by atoms with Gasteiger partial charge in [0.2, 0.25) is 11.6 Å². The topological polar surface area (TPSA) is 104 Å². The van der Waals surface area contributed by atoms with Crippen LogP contribution in [0.4, 0.5) is 13.2 Å². The van der Waals surface area contributed by atoms with Crippen molar-refractivity contribution < 1.29 is 32.7 Å². The highest BCUT2D eigenvalue weighted by Gasteiger charge is 2.71. The molecular weight excluding hydrogens is 511 g/mol. The van der Waals surface area contributed by atoms with E-state index < -0.39 is 59.3 Å². The van der Waals surface area contributed by atoms with Gasteiger partial charge in [-0.15, -0.1) is 0 Å². The summed E-state index contributed by atoms with van der Waals surface area (Å²) in [6.45, 7) is 7.45.